The second kappa shape index (κ2) is 9.51. The SMILES string of the molecule is COc1ccc(C2(CC(C)(N)CN)NC(C)(C)CN2C(c2ccccc2)c2ccccc2)cc1. The van der Waals surface area contributed by atoms with Crippen molar-refractivity contribution in [3.63, 3.8) is 0 Å². The highest BCUT2D eigenvalue weighted by molar-refractivity contribution is 5.38. The van der Waals surface area contributed by atoms with Crippen LogP contribution in [-0.2, 0) is 5.66 Å². The van der Waals surface area contributed by atoms with Gasteiger partial charge in [0.1, 0.15) is 11.4 Å². The molecule has 180 valence electrons. The highest BCUT2D eigenvalue weighted by Gasteiger charge is 2.54. The van der Waals surface area contributed by atoms with Crippen LogP contribution >= 0.6 is 0 Å². The summed E-state index contributed by atoms with van der Waals surface area (Å²) in [6.07, 6.45) is 0.655. The van der Waals surface area contributed by atoms with Crippen molar-refractivity contribution in [2.24, 2.45) is 11.5 Å². The van der Waals surface area contributed by atoms with Crippen LogP contribution in [0.1, 0.15) is 49.9 Å². The summed E-state index contributed by atoms with van der Waals surface area (Å²) in [5.74, 6) is 0.833. The maximum Gasteiger partial charge on any atom is 0.118 e. The molecule has 5 N–H and O–H groups in total. The summed E-state index contributed by atoms with van der Waals surface area (Å²) in [4.78, 5) is 2.58. The Morgan fingerprint density at radius 1 is 0.941 bits per heavy atom. The molecule has 2 atom stereocenters. The Morgan fingerprint density at radius 3 is 1.94 bits per heavy atom. The van der Waals surface area contributed by atoms with E-state index in [1.54, 1.807) is 7.11 Å². The Balaban J connectivity index is 1.95. The summed E-state index contributed by atoms with van der Waals surface area (Å²) in [6.45, 7) is 7.79. The predicted octanol–water partition coefficient (Wildman–Crippen LogP) is 4.39. The molecular weight excluding hydrogens is 420 g/mol. The quantitative estimate of drug-likeness (QED) is 0.467. The summed E-state index contributed by atoms with van der Waals surface area (Å²) >= 11 is 0. The minimum Gasteiger partial charge on any atom is -0.497 e. The van der Waals surface area contributed by atoms with Gasteiger partial charge in [-0.15, -0.1) is 0 Å². The van der Waals surface area contributed by atoms with Gasteiger partial charge in [-0.05, 0) is 49.6 Å². The van der Waals surface area contributed by atoms with Crippen LogP contribution in [0.15, 0.2) is 84.9 Å². The molecule has 1 heterocycles. The molecule has 4 rings (SSSR count). The van der Waals surface area contributed by atoms with Gasteiger partial charge in [0.25, 0.3) is 0 Å². The first-order chi connectivity index (χ1) is 16.2. The van der Waals surface area contributed by atoms with Gasteiger partial charge in [-0.25, -0.2) is 0 Å². The van der Waals surface area contributed by atoms with E-state index in [2.05, 4.69) is 96.9 Å². The molecule has 5 heteroatoms. The fourth-order valence-electron chi connectivity index (χ4n) is 5.38. The number of ether oxygens (including phenoxy) is 1. The van der Waals surface area contributed by atoms with E-state index in [0.717, 1.165) is 17.9 Å². The number of nitrogens with two attached hydrogens (primary N) is 2. The summed E-state index contributed by atoms with van der Waals surface area (Å²) in [6, 6.07) is 29.8. The van der Waals surface area contributed by atoms with Gasteiger partial charge < -0.3 is 16.2 Å². The molecule has 1 aliphatic heterocycles. The van der Waals surface area contributed by atoms with Crippen LogP contribution in [0.3, 0.4) is 0 Å². The molecule has 34 heavy (non-hydrogen) atoms. The van der Waals surface area contributed by atoms with Crippen molar-refractivity contribution in [2.45, 2.75) is 50.0 Å². The molecule has 2 unspecified atom stereocenters. The Morgan fingerprint density at radius 2 is 1.47 bits per heavy atom. The molecule has 0 aromatic heterocycles. The second-order valence-electron chi connectivity index (χ2n) is 10.5. The third-order valence-electron chi connectivity index (χ3n) is 6.84. The van der Waals surface area contributed by atoms with Gasteiger partial charge in [0.05, 0.1) is 13.2 Å². The zero-order chi connectivity index (χ0) is 24.4. The highest BCUT2D eigenvalue weighted by atomic mass is 16.5. The summed E-state index contributed by atoms with van der Waals surface area (Å²) in [7, 11) is 1.69. The van der Waals surface area contributed by atoms with Crippen LogP contribution in [0.2, 0.25) is 0 Å². The smallest absolute Gasteiger partial charge is 0.118 e. The first-order valence-electron chi connectivity index (χ1n) is 12.0. The number of hydrogen-bond donors (Lipinski definition) is 3. The van der Waals surface area contributed by atoms with Gasteiger partial charge in [-0.1, -0.05) is 72.8 Å². The van der Waals surface area contributed by atoms with Gasteiger partial charge in [-0.2, -0.15) is 0 Å². The summed E-state index contributed by atoms with van der Waals surface area (Å²) < 4.78 is 5.46. The molecule has 1 fully saturated rings. The normalized spacial score (nSPS) is 22.0. The van der Waals surface area contributed by atoms with Crippen molar-refractivity contribution in [1.29, 1.82) is 0 Å². The number of hydrogen-bond acceptors (Lipinski definition) is 5. The maximum absolute atomic E-state index is 6.79. The minimum atomic E-state index is -0.566. The van der Waals surface area contributed by atoms with Crippen molar-refractivity contribution in [3.8, 4) is 5.75 Å². The van der Waals surface area contributed by atoms with E-state index in [1.165, 1.54) is 11.1 Å². The number of rotatable bonds is 8. The van der Waals surface area contributed by atoms with Crippen LogP contribution in [-0.4, -0.2) is 36.2 Å². The average molecular weight is 459 g/mol. The van der Waals surface area contributed by atoms with E-state index in [-0.39, 0.29) is 11.6 Å². The lowest BCUT2D eigenvalue weighted by Crippen LogP contribution is -2.59. The molecule has 3 aromatic rings. The first kappa shape index (κ1) is 24.4. The first-order valence-corrected chi connectivity index (χ1v) is 12.0. The number of methoxy groups -OCH3 is 1. The third kappa shape index (κ3) is 4.89. The van der Waals surface area contributed by atoms with E-state index in [1.807, 2.05) is 19.1 Å². The molecular formula is C29H38N4O. The minimum absolute atomic E-state index is 0.0346. The molecule has 0 spiro atoms. The molecule has 5 nitrogen and oxygen atoms in total. The molecule has 1 saturated heterocycles. The highest BCUT2D eigenvalue weighted by Crippen LogP contribution is 2.47. The number of nitrogens with one attached hydrogen (secondary N) is 1. The molecule has 1 aliphatic rings. The van der Waals surface area contributed by atoms with E-state index in [9.17, 15) is 0 Å². The summed E-state index contributed by atoms with van der Waals surface area (Å²) in [5.41, 5.74) is 15.4. The van der Waals surface area contributed by atoms with Crippen molar-refractivity contribution < 1.29 is 4.74 Å². The van der Waals surface area contributed by atoms with Crippen molar-refractivity contribution in [2.75, 3.05) is 20.2 Å². The molecule has 3 aromatic carbocycles. The van der Waals surface area contributed by atoms with Gasteiger partial charge >= 0.3 is 0 Å². The fraction of sp³-hybridized carbons (Fsp3) is 0.379. The monoisotopic (exact) mass is 458 g/mol. The second-order valence-corrected chi connectivity index (χ2v) is 10.5. The zero-order valence-electron chi connectivity index (χ0n) is 20.8. The lowest BCUT2D eigenvalue weighted by molar-refractivity contribution is 0.0544. The third-order valence-corrected chi connectivity index (χ3v) is 6.84. The Kier molecular flexibility index (Phi) is 6.83. The Bertz CT molecular complexity index is 1030. The van der Waals surface area contributed by atoms with Crippen LogP contribution in [0, 0.1) is 0 Å². The van der Waals surface area contributed by atoms with Gasteiger partial charge in [0.2, 0.25) is 0 Å². The van der Waals surface area contributed by atoms with E-state index in [4.69, 9.17) is 16.2 Å². The average Bonchev–Trinajstić information content (AvgIpc) is 3.10. The van der Waals surface area contributed by atoms with Gasteiger partial charge in [-0.3, -0.25) is 10.2 Å². The number of benzene rings is 3. The van der Waals surface area contributed by atoms with E-state index in [0.29, 0.717) is 13.0 Å². The van der Waals surface area contributed by atoms with Crippen molar-refractivity contribution in [1.82, 2.24) is 10.2 Å². The van der Waals surface area contributed by atoms with Gasteiger partial charge in [0, 0.05) is 30.6 Å². The fourth-order valence-corrected chi connectivity index (χ4v) is 5.38. The Hall–Kier alpha value is -2.70. The molecule has 0 bridgehead atoms. The zero-order valence-corrected chi connectivity index (χ0v) is 20.8. The van der Waals surface area contributed by atoms with Crippen molar-refractivity contribution >= 4 is 0 Å². The maximum atomic E-state index is 6.79. The van der Waals surface area contributed by atoms with Crippen LogP contribution in [0.25, 0.3) is 0 Å². The Labute approximate surface area is 204 Å². The van der Waals surface area contributed by atoms with Crippen molar-refractivity contribution in [3.05, 3.63) is 102 Å². The molecule has 0 radical (unpaired) electrons. The topological polar surface area (TPSA) is 76.5 Å². The largest absolute Gasteiger partial charge is 0.497 e. The standard InChI is InChI=1S/C29H38N4O/c1-27(2)21-33(26(22-11-7-5-8-12-22)23-13-9-6-10-14-23)29(32-27,19-28(3,31)20-30)24-15-17-25(34-4)18-16-24/h5-18,26,32H,19-21,30-31H2,1-4H3. The van der Waals surface area contributed by atoms with E-state index >= 15 is 0 Å². The molecule has 0 saturated carbocycles. The van der Waals surface area contributed by atoms with Gasteiger partial charge in [0.15, 0.2) is 0 Å². The number of nitrogens with zero attached hydrogens (tertiary/aromatic N) is 1. The van der Waals surface area contributed by atoms with E-state index < -0.39 is 11.2 Å². The summed E-state index contributed by atoms with van der Waals surface area (Å²) in [5, 5.41) is 4.01. The lowest BCUT2D eigenvalue weighted by Gasteiger charge is -2.47. The molecule has 0 aliphatic carbocycles. The van der Waals surface area contributed by atoms with Crippen LogP contribution in [0.4, 0.5) is 0 Å². The van der Waals surface area contributed by atoms with Crippen LogP contribution in [0.5, 0.6) is 5.75 Å². The van der Waals surface area contributed by atoms with Crippen LogP contribution < -0.4 is 21.5 Å². The molecule has 0 amide bonds. The lowest BCUT2D eigenvalue weighted by atomic mass is 9.82. The predicted molar refractivity (Wildman–Crippen MR) is 140 cm³/mol.